The zero-order valence-electron chi connectivity index (χ0n) is 19.4. The average Bonchev–Trinajstić information content (AvgIpc) is 3.50. The number of likely N-dealkylation sites (tertiary alicyclic amines) is 1. The number of anilines is 1. The highest BCUT2D eigenvalue weighted by atomic mass is 32.2. The number of rotatable bonds is 8. The monoisotopic (exact) mass is 471 g/mol. The second-order valence-electron chi connectivity index (χ2n) is 8.77. The van der Waals surface area contributed by atoms with E-state index in [1.54, 1.807) is 0 Å². The molecule has 1 aliphatic rings. The Balaban J connectivity index is 1.32. The Morgan fingerprint density at radius 2 is 1.68 bits per heavy atom. The summed E-state index contributed by atoms with van der Waals surface area (Å²) in [5.41, 5.74) is 2.00. The summed E-state index contributed by atoms with van der Waals surface area (Å²) in [4.78, 5) is 15.4. The third-order valence-corrected chi connectivity index (χ3v) is 7.29. The van der Waals surface area contributed by atoms with E-state index in [4.69, 9.17) is 0 Å². The molecule has 0 radical (unpaired) electrons. The molecule has 174 valence electrons. The molecule has 1 atom stereocenters. The number of amides is 1. The summed E-state index contributed by atoms with van der Waals surface area (Å²) in [6.07, 6.45) is 2.47. The number of benzene rings is 3. The molecule has 0 saturated carbocycles. The maximum Gasteiger partial charge on any atom is 0.237 e. The molecule has 0 aliphatic carbocycles. The number of carbonyl (C=O) groups is 1. The highest BCUT2D eigenvalue weighted by molar-refractivity contribution is 8.00. The van der Waals surface area contributed by atoms with Crippen molar-refractivity contribution in [1.82, 2.24) is 19.7 Å². The maximum absolute atomic E-state index is 13.0. The fourth-order valence-electron chi connectivity index (χ4n) is 4.31. The molecule has 2 heterocycles. The van der Waals surface area contributed by atoms with Crippen molar-refractivity contribution in [2.24, 2.45) is 0 Å². The van der Waals surface area contributed by atoms with Crippen LogP contribution in [-0.2, 0) is 17.9 Å². The number of nitrogens with one attached hydrogen (secondary N) is 1. The van der Waals surface area contributed by atoms with Crippen LogP contribution in [0.2, 0.25) is 0 Å². The summed E-state index contributed by atoms with van der Waals surface area (Å²) in [7, 11) is 0. The van der Waals surface area contributed by atoms with E-state index >= 15 is 0 Å². The van der Waals surface area contributed by atoms with E-state index in [-0.39, 0.29) is 11.2 Å². The summed E-state index contributed by atoms with van der Waals surface area (Å²) >= 11 is 1.46. The summed E-state index contributed by atoms with van der Waals surface area (Å²) in [5, 5.41) is 14.8. The Morgan fingerprint density at radius 1 is 0.941 bits per heavy atom. The molecule has 4 aromatic rings. The van der Waals surface area contributed by atoms with Crippen molar-refractivity contribution in [3.8, 4) is 0 Å². The Hall–Kier alpha value is -3.16. The zero-order valence-corrected chi connectivity index (χ0v) is 20.2. The summed E-state index contributed by atoms with van der Waals surface area (Å²) in [6, 6.07) is 24.5. The van der Waals surface area contributed by atoms with Crippen LogP contribution in [0.1, 0.15) is 31.2 Å². The lowest BCUT2D eigenvalue weighted by molar-refractivity contribution is -0.115. The first-order valence-corrected chi connectivity index (χ1v) is 12.7. The largest absolute Gasteiger partial charge is 0.325 e. The quantitative estimate of drug-likeness (QED) is 0.358. The predicted molar refractivity (Wildman–Crippen MR) is 138 cm³/mol. The normalized spacial score (nSPS) is 15.0. The van der Waals surface area contributed by atoms with Gasteiger partial charge >= 0.3 is 0 Å². The molecule has 6 nitrogen and oxygen atoms in total. The second-order valence-corrected chi connectivity index (χ2v) is 10.1. The molecule has 5 rings (SSSR count). The lowest BCUT2D eigenvalue weighted by Gasteiger charge is -2.17. The van der Waals surface area contributed by atoms with Gasteiger partial charge in [0.15, 0.2) is 5.16 Å². The van der Waals surface area contributed by atoms with Crippen molar-refractivity contribution in [2.75, 3.05) is 18.4 Å². The number of aromatic nitrogens is 3. The maximum atomic E-state index is 13.0. The van der Waals surface area contributed by atoms with E-state index in [1.165, 1.54) is 30.2 Å². The van der Waals surface area contributed by atoms with Crippen LogP contribution in [0.5, 0.6) is 0 Å². The third-order valence-electron chi connectivity index (χ3n) is 6.21. The van der Waals surface area contributed by atoms with Crippen molar-refractivity contribution in [3.63, 3.8) is 0 Å². The molecule has 1 saturated heterocycles. The summed E-state index contributed by atoms with van der Waals surface area (Å²) in [5.74, 6) is 0.908. The molecule has 1 N–H and O–H groups in total. The topological polar surface area (TPSA) is 63.1 Å². The van der Waals surface area contributed by atoms with E-state index in [9.17, 15) is 4.79 Å². The van der Waals surface area contributed by atoms with E-state index in [0.717, 1.165) is 47.1 Å². The standard InChI is InChI=1S/C27H29N5OS/c1-20(26(33)28-24-14-13-22-11-5-6-12-23(22)17-24)34-27-30-29-25(19-31-15-7-8-16-31)32(27)18-21-9-3-2-4-10-21/h2-6,9-14,17,20H,7-8,15-16,18-19H2,1H3,(H,28,33)/t20-/m0/s1. The van der Waals surface area contributed by atoms with Crippen LogP contribution in [0, 0.1) is 0 Å². The van der Waals surface area contributed by atoms with Crippen molar-refractivity contribution < 1.29 is 4.79 Å². The lowest BCUT2D eigenvalue weighted by Crippen LogP contribution is -2.24. The summed E-state index contributed by atoms with van der Waals surface area (Å²) in [6.45, 7) is 5.61. The Morgan fingerprint density at radius 3 is 2.47 bits per heavy atom. The minimum atomic E-state index is -0.315. The molecular weight excluding hydrogens is 442 g/mol. The van der Waals surface area contributed by atoms with Crippen LogP contribution < -0.4 is 5.32 Å². The van der Waals surface area contributed by atoms with Gasteiger partial charge in [-0.25, -0.2) is 0 Å². The Kier molecular flexibility index (Phi) is 6.92. The molecule has 0 bridgehead atoms. The van der Waals surface area contributed by atoms with Gasteiger partial charge in [0.2, 0.25) is 5.91 Å². The smallest absolute Gasteiger partial charge is 0.237 e. The average molecular weight is 472 g/mol. The Bertz CT molecular complexity index is 1270. The minimum absolute atomic E-state index is 0.0457. The zero-order chi connectivity index (χ0) is 23.3. The van der Waals surface area contributed by atoms with Gasteiger partial charge in [0.1, 0.15) is 5.82 Å². The first-order chi connectivity index (χ1) is 16.7. The molecule has 1 aliphatic heterocycles. The third kappa shape index (κ3) is 5.32. The van der Waals surface area contributed by atoms with Crippen LogP contribution in [0.15, 0.2) is 78.0 Å². The molecule has 0 spiro atoms. The van der Waals surface area contributed by atoms with Gasteiger partial charge in [-0.1, -0.05) is 72.4 Å². The molecule has 3 aromatic carbocycles. The number of thioether (sulfide) groups is 1. The van der Waals surface area contributed by atoms with Gasteiger partial charge in [0.05, 0.1) is 18.3 Å². The van der Waals surface area contributed by atoms with Gasteiger partial charge < -0.3 is 9.88 Å². The number of hydrogen-bond donors (Lipinski definition) is 1. The van der Waals surface area contributed by atoms with E-state index in [2.05, 4.69) is 49.2 Å². The molecule has 0 unspecified atom stereocenters. The van der Waals surface area contributed by atoms with Crippen molar-refractivity contribution in [3.05, 3.63) is 84.2 Å². The van der Waals surface area contributed by atoms with Gasteiger partial charge in [-0.2, -0.15) is 0 Å². The van der Waals surface area contributed by atoms with Crippen LogP contribution in [-0.4, -0.2) is 43.9 Å². The first kappa shape index (κ1) is 22.6. The number of hydrogen-bond acceptors (Lipinski definition) is 5. The van der Waals surface area contributed by atoms with E-state index in [1.807, 2.05) is 55.5 Å². The molecular formula is C27H29N5OS. The summed E-state index contributed by atoms with van der Waals surface area (Å²) < 4.78 is 2.16. The molecule has 1 fully saturated rings. The minimum Gasteiger partial charge on any atom is -0.325 e. The van der Waals surface area contributed by atoms with Gasteiger partial charge in [0, 0.05) is 5.69 Å². The second kappa shape index (κ2) is 10.4. The van der Waals surface area contributed by atoms with E-state index in [0.29, 0.717) is 6.54 Å². The van der Waals surface area contributed by atoms with Crippen molar-refractivity contribution in [2.45, 2.75) is 43.3 Å². The molecule has 34 heavy (non-hydrogen) atoms. The van der Waals surface area contributed by atoms with Crippen molar-refractivity contribution >= 4 is 34.1 Å². The van der Waals surface area contributed by atoms with Gasteiger partial charge in [-0.3, -0.25) is 9.69 Å². The Labute approximate surface area is 204 Å². The number of nitrogens with zero attached hydrogens (tertiary/aromatic N) is 4. The number of carbonyl (C=O) groups excluding carboxylic acids is 1. The molecule has 7 heteroatoms. The molecule has 1 aromatic heterocycles. The van der Waals surface area contributed by atoms with Crippen LogP contribution in [0.3, 0.4) is 0 Å². The van der Waals surface area contributed by atoms with Crippen molar-refractivity contribution in [1.29, 1.82) is 0 Å². The lowest BCUT2D eigenvalue weighted by atomic mass is 10.1. The first-order valence-electron chi connectivity index (χ1n) is 11.8. The van der Waals surface area contributed by atoms with Gasteiger partial charge in [-0.15, -0.1) is 10.2 Å². The highest BCUT2D eigenvalue weighted by Crippen LogP contribution is 2.26. The van der Waals surface area contributed by atoms with Crippen LogP contribution >= 0.6 is 11.8 Å². The SMILES string of the molecule is C[C@H](Sc1nnc(CN2CCCC2)n1Cc1ccccc1)C(=O)Nc1ccc2ccccc2c1. The number of fused-ring (bicyclic) bond motifs is 1. The fourth-order valence-corrected chi connectivity index (χ4v) is 5.18. The van der Waals surface area contributed by atoms with E-state index < -0.39 is 0 Å². The van der Waals surface area contributed by atoms with Crippen LogP contribution in [0.4, 0.5) is 5.69 Å². The van der Waals surface area contributed by atoms with Gasteiger partial charge in [0.25, 0.3) is 0 Å². The molecule has 1 amide bonds. The highest BCUT2D eigenvalue weighted by Gasteiger charge is 2.22. The van der Waals surface area contributed by atoms with Crippen LogP contribution in [0.25, 0.3) is 10.8 Å². The fraction of sp³-hybridized carbons (Fsp3) is 0.296. The predicted octanol–water partition coefficient (Wildman–Crippen LogP) is 5.19. The van der Waals surface area contributed by atoms with Gasteiger partial charge in [-0.05, 0) is 61.3 Å².